The van der Waals surface area contributed by atoms with E-state index in [4.69, 9.17) is 5.11 Å². The second kappa shape index (κ2) is 3.39. The minimum Gasteiger partial charge on any atom is -0.508 e. The van der Waals surface area contributed by atoms with Crippen molar-refractivity contribution in [3.63, 3.8) is 0 Å². The molecule has 0 aliphatic carbocycles. The molecule has 0 aromatic heterocycles. The summed E-state index contributed by atoms with van der Waals surface area (Å²) in [6, 6.07) is 2.25. The number of aromatic carboxylic acids is 1. The van der Waals surface area contributed by atoms with E-state index in [-0.39, 0.29) is 17.1 Å². The molecule has 0 radical (unpaired) electrons. The first-order valence-corrected chi connectivity index (χ1v) is 3.84. The Morgan fingerprint density at radius 2 is 1.77 bits per heavy atom. The largest absolute Gasteiger partial charge is 0.508 e. The highest BCUT2D eigenvalue weighted by atomic mass is 16.4. The molecule has 4 nitrogen and oxygen atoms in total. The molecule has 68 valence electrons. The Kier molecular flexibility index (Phi) is 2.46. The Morgan fingerprint density at radius 3 is 2.08 bits per heavy atom. The molecule has 0 aliphatic rings. The summed E-state index contributed by atoms with van der Waals surface area (Å²) >= 11 is 0. The van der Waals surface area contributed by atoms with Crippen molar-refractivity contribution in [1.82, 2.24) is 0 Å². The fourth-order valence-corrected chi connectivity index (χ4v) is 1.13. The van der Waals surface area contributed by atoms with Gasteiger partial charge in [-0.3, -0.25) is 0 Å². The molecule has 3 N–H and O–H groups in total. The lowest BCUT2D eigenvalue weighted by atomic mass is 9.72. The molecule has 0 atom stereocenters. The SMILES string of the molecule is CBc1c(O)cc(C(=O)O)cc1O. The average Bonchev–Trinajstić information content (AvgIpc) is 2.03. The Hall–Kier alpha value is -1.65. The van der Waals surface area contributed by atoms with Crippen LogP contribution in [0.5, 0.6) is 11.5 Å². The molecule has 0 heterocycles. The summed E-state index contributed by atoms with van der Waals surface area (Å²) in [5.74, 6) is -1.53. The molecule has 1 aromatic rings. The summed E-state index contributed by atoms with van der Waals surface area (Å²) in [5, 5.41) is 27.2. The second-order valence-corrected chi connectivity index (χ2v) is 2.65. The molecule has 0 saturated heterocycles. The van der Waals surface area contributed by atoms with Gasteiger partial charge in [0.25, 0.3) is 0 Å². The molecule has 5 heteroatoms. The Balaban J connectivity index is 3.28. The third kappa shape index (κ3) is 1.74. The Morgan fingerprint density at radius 1 is 1.31 bits per heavy atom. The van der Waals surface area contributed by atoms with Gasteiger partial charge >= 0.3 is 5.97 Å². The monoisotopic (exact) mass is 180 g/mol. The number of carboxylic acids is 1. The maximum absolute atomic E-state index is 10.5. The van der Waals surface area contributed by atoms with Crippen molar-refractivity contribution in [3.05, 3.63) is 17.7 Å². The molecule has 0 spiro atoms. The van der Waals surface area contributed by atoms with Gasteiger partial charge in [0.05, 0.1) is 5.56 Å². The Labute approximate surface area is 75.7 Å². The van der Waals surface area contributed by atoms with Gasteiger partial charge in [-0.25, -0.2) is 4.79 Å². The van der Waals surface area contributed by atoms with Crippen molar-refractivity contribution < 1.29 is 20.1 Å². The van der Waals surface area contributed by atoms with Gasteiger partial charge < -0.3 is 15.3 Å². The third-order valence-electron chi connectivity index (χ3n) is 1.80. The Bertz CT molecular complexity index is 325. The molecule has 0 saturated carbocycles. The quantitative estimate of drug-likeness (QED) is 0.555. The number of carboxylic acid groups (broad SMARTS) is 1. The van der Waals surface area contributed by atoms with Crippen LogP contribution in [-0.4, -0.2) is 28.6 Å². The van der Waals surface area contributed by atoms with Gasteiger partial charge in [0.2, 0.25) is 0 Å². The van der Waals surface area contributed by atoms with Crippen LogP contribution >= 0.6 is 0 Å². The van der Waals surface area contributed by atoms with E-state index in [1.54, 1.807) is 6.82 Å². The van der Waals surface area contributed by atoms with Gasteiger partial charge in [0.15, 0.2) is 7.28 Å². The zero-order valence-electron chi connectivity index (χ0n) is 7.11. The molecule has 0 unspecified atom stereocenters. The van der Waals surface area contributed by atoms with E-state index >= 15 is 0 Å². The van der Waals surface area contributed by atoms with Crippen LogP contribution in [0.25, 0.3) is 0 Å². The third-order valence-corrected chi connectivity index (χ3v) is 1.80. The van der Waals surface area contributed by atoms with E-state index in [2.05, 4.69) is 0 Å². The molecule has 13 heavy (non-hydrogen) atoms. The molecule has 0 amide bonds. The predicted octanol–water partition coefficient (Wildman–Crippen LogP) is -0.0941. The summed E-state index contributed by atoms with van der Waals surface area (Å²) in [5.41, 5.74) is 0.247. The van der Waals surface area contributed by atoms with Crippen LogP contribution in [0.1, 0.15) is 10.4 Å². The molecule has 0 bridgehead atoms. The van der Waals surface area contributed by atoms with Gasteiger partial charge in [-0.1, -0.05) is 6.82 Å². The molecule has 1 aromatic carbocycles. The lowest BCUT2D eigenvalue weighted by Gasteiger charge is -2.05. The topological polar surface area (TPSA) is 77.8 Å². The number of hydrogen-bond acceptors (Lipinski definition) is 3. The first kappa shape index (κ1) is 9.44. The number of aromatic hydroxyl groups is 2. The van der Waals surface area contributed by atoms with Crippen molar-refractivity contribution in [2.24, 2.45) is 0 Å². The van der Waals surface area contributed by atoms with Crippen molar-refractivity contribution in [3.8, 4) is 11.5 Å². The number of phenolic OH excluding ortho intramolecular Hbond substituents is 2. The molecular weight excluding hydrogens is 171 g/mol. The fourth-order valence-electron chi connectivity index (χ4n) is 1.13. The van der Waals surface area contributed by atoms with Crippen LogP contribution in [0.4, 0.5) is 0 Å². The van der Waals surface area contributed by atoms with Gasteiger partial charge in [0, 0.05) is 0 Å². The lowest BCUT2D eigenvalue weighted by molar-refractivity contribution is 0.0696. The van der Waals surface area contributed by atoms with Crippen LogP contribution in [0.15, 0.2) is 12.1 Å². The van der Waals surface area contributed by atoms with Crippen LogP contribution < -0.4 is 5.46 Å². The lowest BCUT2D eigenvalue weighted by Crippen LogP contribution is -2.13. The number of hydrogen-bond donors (Lipinski definition) is 3. The van der Waals surface area contributed by atoms with Crippen LogP contribution in [0, 0.1) is 0 Å². The standard InChI is InChI=1S/C8H9BO4/c1-9-7-5(10)2-4(8(12)13)3-6(7)11/h2-3,9-11H,1H3,(H,12,13). The highest BCUT2D eigenvalue weighted by Gasteiger charge is 2.11. The van der Waals surface area contributed by atoms with Crippen molar-refractivity contribution in [1.29, 1.82) is 0 Å². The highest BCUT2D eigenvalue weighted by Crippen LogP contribution is 2.17. The highest BCUT2D eigenvalue weighted by molar-refractivity contribution is 6.54. The summed E-state index contributed by atoms with van der Waals surface area (Å²) in [6.45, 7) is 1.76. The van der Waals surface area contributed by atoms with E-state index in [9.17, 15) is 15.0 Å². The van der Waals surface area contributed by atoms with Crippen molar-refractivity contribution in [2.75, 3.05) is 0 Å². The molecule has 0 fully saturated rings. The number of phenols is 2. The first-order valence-electron chi connectivity index (χ1n) is 3.84. The van der Waals surface area contributed by atoms with Gasteiger partial charge in [-0.2, -0.15) is 0 Å². The van der Waals surface area contributed by atoms with E-state index < -0.39 is 5.97 Å². The summed E-state index contributed by atoms with van der Waals surface area (Å²) in [7, 11) is 0.456. The molecular formula is C8H9BO4. The average molecular weight is 180 g/mol. The minimum atomic E-state index is -1.17. The predicted molar refractivity (Wildman–Crippen MR) is 49.4 cm³/mol. The normalized spacial score (nSPS) is 9.62. The van der Waals surface area contributed by atoms with Gasteiger partial charge in [-0.15, -0.1) is 0 Å². The van der Waals surface area contributed by atoms with Crippen LogP contribution in [0.3, 0.4) is 0 Å². The molecule has 1 rings (SSSR count). The van der Waals surface area contributed by atoms with E-state index in [0.29, 0.717) is 12.7 Å². The zero-order chi connectivity index (χ0) is 10.0. The fraction of sp³-hybridized carbons (Fsp3) is 0.125. The summed E-state index contributed by atoms with van der Waals surface area (Å²) < 4.78 is 0. The summed E-state index contributed by atoms with van der Waals surface area (Å²) in [4.78, 5) is 10.5. The van der Waals surface area contributed by atoms with E-state index in [0.717, 1.165) is 12.1 Å². The second-order valence-electron chi connectivity index (χ2n) is 2.65. The van der Waals surface area contributed by atoms with Crippen LogP contribution in [0.2, 0.25) is 6.82 Å². The summed E-state index contributed by atoms with van der Waals surface area (Å²) in [6.07, 6.45) is 0. The smallest absolute Gasteiger partial charge is 0.335 e. The number of carbonyl (C=O) groups is 1. The first-order chi connectivity index (χ1) is 6.06. The van der Waals surface area contributed by atoms with E-state index in [1.807, 2.05) is 0 Å². The number of benzene rings is 1. The van der Waals surface area contributed by atoms with Gasteiger partial charge in [-0.05, 0) is 17.6 Å². The molecule has 0 aliphatic heterocycles. The number of rotatable bonds is 2. The zero-order valence-corrected chi connectivity index (χ0v) is 7.11. The van der Waals surface area contributed by atoms with Gasteiger partial charge in [0.1, 0.15) is 11.5 Å². The maximum atomic E-state index is 10.5. The minimum absolute atomic E-state index is 0.118. The van der Waals surface area contributed by atoms with Crippen molar-refractivity contribution >= 4 is 18.7 Å². The van der Waals surface area contributed by atoms with E-state index in [1.165, 1.54) is 0 Å². The maximum Gasteiger partial charge on any atom is 0.335 e. The van der Waals surface area contributed by atoms with Crippen molar-refractivity contribution in [2.45, 2.75) is 6.82 Å². The van der Waals surface area contributed by atoms with Crippen LogP contribution in [-0.2, 0) is 0 Å².